The van der Waals surface area contributed by atoms with E-state index in [-0.39, 0.29) is 18.4 Å². The lowest BCUT2D eigenvalue weighted by molar-refractivity contribution is -0.140. The van der Waals surface area contributed by atoms with Crippen molar-refractivity contribution in [2.75, 3.05) is 13.7 Å². The van der Waals surface area contributed by atoms with Gasteiger partial charge in [0.05, 0.1) is 19.6 Å². The smallest absolute Gasteiger partial charge is 0.307 e. The van der Waals surface area contributed by atoms with Crippen LogP contribution in [0.25, 0.3) is 0 Å². The molecule has 0 amide bonds. The summed E-state index contributed by atoms with van der Waals surface area (Å²) >= 11 is 0. The van der Waals surface area contributed by atoms with Gasteiger partial charge in [-0.2, -0.15) is 0 Å². The predicted octanol–water partition coefficient (Wildman–Crippen LogP) is 0.506. The van der Waals surface area contributed by atoms with Gasteiger partial charge in [-0.15, -0.1) is 0 Å². The second-order valence-corrected chi connectivity index (χ2v) is 3.91. The van der Waals surface area contributed by atoms with Gasteiger partial charge in [0.2, 0.25) is 0 Å². The summed E-state index contributed by atoms with van der Waals surface area (Å²) in [6.45, 7) is 0.397. The van der Waals surface area contributed by atoms with Gasteiger partial charge in [0.15, 0.2) is 11.8 Å². The monoisotopic (exact) mass is 246 g/mol. The highest BCUT2D eigenvalue weighted by molar-refractivity contribution is 5.69. The Labute approximate surface area is 105 Å². The zero-order valence-electron chi connectivity index (χ0n) is 10.1. The molecule has 0 aromatic carbocycles. The fourth-order valence-corrected chi connectivity index (χ4v) is 1.96. The molecule has 0 radical (unpaired) electrons. The Kier molecular flexibility index (Phi) is 3.65. The average molecular weight is 246 g/mol. The highest BCUT2D eigenvalue weighted by Gasteiger charge is 2.30. The van der Waals surface area contributed by atoms with Crippen molar-refractivity contribution in [3.8, 4) is 0 Å². The van der Waals surface area contributed by atoms with Gasteiger partial charge in [0, 0.05) is 12.2 Å². The molecule has 1 N–H and O–H groups in total. The van der Waals surface area contributed by atoms with E-state index in [9.17, 15) is 9.59 Å². The molecule has 1 heterocycles. The minimum absolute atomic E-state index is 0.0471. The van der Waals surface area contributed by atoms with Gasteiger partial charge in [0.1, 0.15) is 0 Å². The quantitative estimate of drug-likeness (QED) is 0.580. The molecule has 1 unspecified atom stereocenters. The molecule has 5 nitrogen and oxygen atoms in total. The molecule has 0 spiro atoms. The van der Waals surface area contributed by atoms with Crippen molar-refractivity contribution < 1.29 is 14.3 Å². The van der Waals surface area contributed by atoms with Crippen LogP contribution in [0.1, 0.15) is 6.42 Å². The summed E-state index contributed by atoms with van der Waals surface area (Å²) in [7, 11) is 1.35. The first-order chi connectivity index (χ1) is 8.76. The number of hydrogen-bond acceptors (Lipinski definition) is 5. The minimum atomic E-state index is -0.302. The van der Waals surface area contributed by atoms with Crippen LogP contribution >= 0.6 is 0 Å². The number of carbonyl (C=O) groups is 1. The average Bonchev–Trinajstić information content (AvgIpc) is 2.57. The van der Waals surface area contributed by atoms with Gasteiger partial charge < -0.3 is 15.0 Å². The largest absolute Gasteiger partial charge is 0.469 e. The molecule has 0 aromatic rings. The van der Waals surface area contributed by atoms with Crippen LogP contribution in [0, 0.1) is 0 Å². The van der Waals surface area contributed by atoms with Crippen molar-refractivity contribution in [1.29, 1.82) is 0 Å². The Morgan fingerprint density at radius 1 is 1.50 bits per heavy atom. The molecule has 1 saturated heterocycles. The molecule has 18 heavy (non-hydrogen) atoms. The fraction of sp³-hybridized carbons (Fsp3) is 0.308. The number of rotatable bonds is 3. The van der Waals surface area contributed by atoms with E-state index in [2.05, 4.69) is 10.1 Å². The summed E-state index contributed by atoms with van der Waals surface area (Å²) < 4.78 is 4.60. The van der Waals surface area contributed by atoms with E-state index in [4.69, 9.17) is 0 Å². The standard InChI is InChI=1S/C13H14N2O3/c1-18-13(17)7-8-15-11-6-4-2-3-5-10(11)14-12(15)9-16/h2-6,10,14H,7-8H2,1H3. The lowest BCUT2D eigenvalue weighted by atomic mass is 10.2. The molecule has 5 heteroatoms. The number of methoxy groups -OCH3 is 1. The summed E-state index contributed by atoms with van der Waals surface area (Å²) in [5, 5.41) is 3.05. The number of fused-ring (bicyclic) bond motifs is 1. The third kappa shape index (κ3) is 2.36. The first-order valence-corrected chi connectivity index (χ1v) is 5.67. The van der Waals surface area contributed by atoms with Crippen LogP contribution in [0.5, 0.6) is 0 Å². The van der Waals surface area contributed by atoms with Gasteiger partial charge in [-0.1, -0.05) is 24.3 Å². The van der Waals surface area contributed by atoms with Crippen LogP contribution in [0.2, 0.25) is 0 Å². The molecule has 0 saturated carbocycles. The molecule has 1 atom stereocenters. The van der Waals surface area contributed by atoms with Crippen molar-refractivity contribution in [2.45, 2.75) is 12.5 Å². The Morgan fingerprint density at radius 3 is 3.06 bits per heavy atom. The van der Waals surface area contributed by atoms with E-state index in [1.165, 1.54) is 7.11 Å². The van der Waals surface area contributed by atoms with Gasteiger partial charge in [-0.25, -0.2) is 4.79 Å². The van der Waals surface area contributed by atoms with E-state index in [1.54, 1.807) is 4.90 Å². The third-order valence-electron chi connectivity index (χ3n) is 2.85. The highest BCUT2D eigenvalue weighted by atomic mass is 16.5. The van der Waals surface area contributed by atoms with Crippen LogP contribution in [0.3, 0.4) is 0 Å². The van der Waals surface area contributed by atoms with Crippen LogP contribution in [0.4, 0.5) is 0 Å². The Hall–Kier alpha value is -2.26. The number of allylic oxidation sites excluding steroid dienone is 4. The number of hydrogen-bond donors (Lipinski definition) is 1. The Morgan fingerprint density at radius 2 is 2.33 bits per heavy atom. The Balaban J connectivity index is 2.17. The minimum Gasteiger partial charge on any atom is -0.469 e. The summed E-state index contributed by atoms with van der Waals surface area (Å²) in [6, 6.07) is -0.0471. The summed E-state index contributed by atoms with van der Waals surface area (Å²) in [6.07, 6.45) is 9.81. The van der Waals surface area contributed by atoms with Crippen molar-refractivity contribution in [3.05, 3.63) is 41.9 Å². The van der Waals surface area contributed by atoms with Gasteiger partial charge >= 0.3 is 5.97 Å². The van der Waals surface area contributed by atoms with E-state index in [1.807, 2.05) is 36.3 Å². The van der Waals surface area contributed by atoms with Crippen molar-refractivity contribution in [3.63, 3.8) is 0 Å². The maximum absolute atomic E-state index is 11.2. The normalized spacial score (nSPS) is 20.7. The Bertz CT molecular complexity index is 484. The predicted molar refractivity (Wildman–Crippen MR) is 65.8 cm³/mol. The van der Waals surface area contributed by atoms with Crippen LogP contribution in [0.15, 0.2) is 41.9 Å². The number of nitrogens with one attached hydrogen (secondary N) is 1. The third-order valence-corrected chi connectivity index (χ3v) is 2.85. The van der Waals surface area contributed by atoms with Gasteiger partial charge in [0.25, 0.3) is 0 Å². The molecule has 1 aliphatic carbocycles. The SMILES string of the molecule is COC(=O)CCN1C(=C=O)NC2C=CC=CC=C21. The first-order valence-electron chi connectivity index (χ1n) is 5.67. The van der Waals surface area contributed by atoms with Crippen molar-refractivity contribution in [2.24, 2.45) is 0 Å². The lowest BCUT2D eigenvalue weighted by Crippen LogP contribution is -2.23. The maximum atomic E-state index is 11.2. The lowest BCUT2D eigenvalue weighted by Gasteiger charge is -2.18. The van der Waals surface area contributed by atoms with Gasteiger partial charge in [-0.3, -0.25) is 4.79 Å². The molecule has 0 bridgehead atoms. The molecule has 1 fully saturated rings. The maximum Gasteiger partial charge on any atom is 0.307 e. The molecule has 0 aromatic heterocycles. The second-order valence-electron chi connectivity index (χ2n) is 3.91. The molecule has 2 aliphatic rings. The first kappa shape index (κ1) is 12.2. The van der Waals surface area contributed by atoms with Crippen molar-refractivity contribution in [1.82, 2.24) is 10.2 Å². The second kappa shape index (κ2) is 5.38. The number of esters is 1. The fourth-order valence-electron chi connectivity index (χ4n) is 1.96. The topological polar surface area (TPSA) is 58.6 Å². The molecular weight excluding hydrogens is 232 g/mol. The van der Waals surface area contributed by atoms with E-state index >= 15 is 0 Å². The number of carbonyl (C=O) groups excluding carboxylic acids is 2. The zero-order valence-corrected chi connectivity index (χ0v) is 10.1. The van der Waals surface area contributed by atoms with Crippen molar-refractivity contribution >= 4 is 11.9 Å². The molecule has 2 rings (SSSR count). The summed E-state index contributed by atoms with van der Waals surface area (Å²) in [5.74, 6) is 1.92. The molecule has 1 aliphatic heterocycles. The zero-order chi connectivity index (χ0) is 13.0. The number of ether oxygens (including phenoxy) is 1. The van der Waals surface area contributed by atoms with Crippen LogP contribution < -0.4 is 5.32 Å². The highest BCUT2D eigenvalue weighted by Crippen LogP contribution is 2.24. The van der Waals surface area contributed by atoms with Gasteiger partial charge in [-0.05, 0) is 6.08 Å². The summed E-state index contributed by atoms with van der Waals surface area (Å²) in [4.78, 5) is 23.8. The number of nitrogens with zero attached hydrogens (tertiary/aromatic N) is 1. The summed E-state index contributed by atoms with van der Waals surface area (Å²) in [5.41, 5.74) is 0.933. The van der Waals surface area contributed by atoms with E-state index < -0.39 is 0 Å². The van der Waals surface area contributed by atoms with Crippen LogP contribution in [-0.4, -0.2) is 36.5 Å². The molecular formula is C13H14N2O3. The molecule has 94 valence electrons. The van der Waals surface area contributed by atoms with E-state index in [0.29, 0.717) is 12.4 Å². The van der Waals surface area contributed by atoms with Crippen LogP contribution in [-0.2, 0) is 14.3 Å². The van der Waals surface area contributed by atoms with E-state index in [0.717, 1.165) is 5.70 Å².